The molecular weight excluding hydrogens is 368 g/mol. The number of carbonyl (C=O) groups excluding carboxylic acids is 1. The average Bonchev–Trinajstić information content (AvgIpc) is 2.66. The molecule has 152 valence electrons. The third kappa shape index (κ3) is 6.51. The summed E-state index contributed by atoms with van der Waals surface area (Å²) in [4.78, 5) is 23.9. The van der Waals surface area contributed by atoms with Crippen LogP contribution in [-0.4, -0.2) is 35.5 Å². The summed E-state index contributed by atoms with van der Waals surface area (Å²) in [5, 5.41) is 3.71. The van der Waals surface area contributed by atoms with E-state index in [1.54, 1.807) is 11.8 Å². The van der Waals surface area contributed by atoms with Crippen molar-refractivity contribution in [2.75, 3.05) is 18.5 Å². The van der Waals surface area contributed by atoms with Crippen molar-refractivity contribution >= 4 is 23.5 Å². The van der Waals surface area contributed by atoms with Crippen molar-refractivity contribution in [3.63, 3.8) is 0 Å². The van der Waals surface area contributed by atoms with E-state index in [1.807, 2.05) is 38.1 Å². The number of amides is 1. The summed E-state index contributed by atoms with van der Waals surface area (Å²) in [5.41, 5.74) is 2.83. The van der Waals surface area contributed by atoms with E-state index >= 15 is 0 Å². The highest BCUT2D eigenvalue weighted by Gasteiger charge is 2.12. The monoisotopic (exact) mass is 400 g/mol. The lowest BCUT2D eigenvalue weighted by molar-refractivity contribution is 0.0943. The van der Waals surface area contributed by atoms with Gasteiger partial charge in [0.15, 0.2) is 5.16 Å². The van der Waals surface area contributed by atoms with Gasteiger partial charge < -0.3 is 10.2 Å². The van der Waals surface area contributed by atoms with Crippen LogP contribution >= 0.6 is 11.8 Å². The number of nitrogens with zero attached hydrogens (tertiary/aromatic N) is 3. The third-order valence-electron chi connectivity index (χ3n) is 4.23. The number of hydrogen-bond acceptors (Lipinski definition) is 5. The molecule has 0 aliphatic heterocycles. The summed E-state index contributed by atoms with van der Waals surface area (Å²) in [6.07, 6.45) is 1.07. The van der Waals surface area contributed by atoms with Crippen LogP contribution in [0, 0.1) is 0 Å². The maximum atomic E-state index is 12.2. The molecule has 1 aromatic carbocycles. The van der Waals surface area contributed by atoms with E-state index in [9.17, 15) is 4.79 Å². The van der Waals surface area contributed by atoms with Gasteiger partial charge in [-0.2, -0.15) is 0 Å². The van der Waals surface area contributed by atoms with Gasteiger partial charge in [0.05, 0.1) is 0 Å². The smallest absolute Gasteiger partial charge is 0.251 e. The van der Waals surface area contributed by atoms with Crippen LogP contribution in [-0.2, 0) is 5.75 Å². The molecule has 0 bridgehead atoms. The fourth-order valence-electron chi connectivity index (χ4n) is 2.73. The lowest BCUT2D eigenvalue weighted by Gasteiger charge is -2.19. The van der Waals surface area contributed by atoms with E-state index in [1.165, 1.54) is 0 Å². The summed E-state index contributed by atoms with van der Waals surface area (Å²) in [7, 11) is 2.07. The molecule has 0 aliphatic rings. The number of anilines is 1. The van der Waals surface area contributed by atoms with E-state index in [0.717, 1.165) is 41.0 Å². The maximum Gasteiger partial charge on any atom is 0.251 e. The van der Waals surface area contributed by atoms with Crippen molar-refractivity contribution in [3.05, 3.63) is 47.2 Å². The van der Waals surface area contributed by atoms with Gasteiger partial charge in [-0.05, 0) is 43.9 Å². The number of hydrogen-bond donors (Lipinski definition) is 1. The molecule has 0 unspecified atom stereocenters. The Morgan fingerprint density at radius 2 is 1.93 bits per heavy atom. The van der Waals surface area contributed by atoms with Gasteiger partial charge in [-0.25, -0.2) is 9.97 Å². The Morgan fingerprint density at radius 3 is 2.57 bits per heavy atom. The van der Waals surface area contributed by atoms with E-state index < -0.39 is 0 Å². The molecule has 2 rings (SSSR count). The summed E-state index contributed by atoms with van der Waals surface area (Å²) < 4.78 is 0. The molecule has 0 saturated heterocycles. The first-order chi connectivity index (χ1) is 13.3. The third-order valence-corrected chi connectivity index (χ3v) is 5.15. The molecule has 1 aromatic heterocycles. The van der Waals surface area contributed by atoms with Crippen LogP contribution in [0.3, 0.4) is 0 Å². The highest BCUT2D eigenvalue weighted by Crippen LogP contribution is 2.25. The maximum absolute atomic E-state index is 12.2. The zero-order chi connectivity index (χ0) is 20.7. The Balaban J connectivity index is 2.16. The topological polar surface area (TPSA) is 58.1 Å². The number of benzene rings is 1. The summed E-state index contributed by atoms with van der Waals surface area (Å²) in [6.45, 7) is 11.4. The minimum absolute atomic E-state index is 0.0385. The average molecular weight is 401 g/mol. The van der Waals surface area contributed by atoms with Crippen LogP contribution in [0.5, 0.6) is 0 Å². The number of thioether (sulfide) groups is 1. The van der Waals surface area contributed by atoms with Crippen LogP contribution < -0.4 is 10.2 Å². The summed E-state index contributed by atoms with van der Waals surface area (Å²) >= 11 is 1.61. The largest absolute Gasteiger partial charge is 0.360 e. The lowest BCUT2D eigenvalue weighted by Crippen LogP contribution is -2.30. The van der Waals surface area contributed by atoms with Crippen LogP contribution in [0.1, 0.15) is 68.6 Å². The molecule has 0 aliphatic carbocycles. The molecule has 28 heavy (non-hydrogen) atoms. The first-order valence-electron chi connectivity index (χ1n) is 9.92. The lowest BCUT2D eigenvalue weighted by atomic mass is 10.1. The number of nitrogens with one attached hydrogen (secondary N) is 1. The van der Waals surface area contributed by atoms with Crippen LogP contribution in [0.4, 0.5) is 5.82 Å². The van der Waals surface area contributed by atoms with Gasteiger partial charge in [-0.15, -0.1) is 0 Å². The molecule has 5 nitrogen and oxygen atoms in total. The Morgan fingerprint density at radius 1 is 1.18 bits per heavy atom. The van der Waals surface area contributed by atoms with Crippen molar-refractivity contribution in [2.24, 2.45) is 0 Å². The molecule has 1 N–H and O–H groups in total. The number of aromatic nitrogens is 2. The highest BCUT2D eigenvalue weighted by molar-refractivity contribution is 7.98. The first-order valence-corrected chi connectivity index (χ1v) is 10.9. The van der Waals surface area contributed by atoms with Gasteiger partial charge in [-0.1, -0.05) is 44.7 Å². The van der Waals surface area contributed by atoms with E-state index in [2.05, 4.69) is 44.1 Å². The van der Waals surface area contributed by atoms with Gasteiger partial charge in [-0.3, -0.25) is 4.79 Å². The standard InChI is InChI=1S/C22H32N4OS/c1-7-11-26(6)20-13-19(15(2)3)24-22(25-20)28-14-17-9-8-10-18(12-17)21(27)23-16(4)5/h8-10,12-13,15-16H,7,11,14H2,1-6H3,(H,23,27). The van der Waals surface area contributed by atoms with Crippen LogP contribution in [0.2, 0.25) is 0 Å². The van der Waals surface area contributed by atoms with E-state index in [-0.39, 0.29) is 11.9 Å². The molecule has 1 heterocycles. The summed E-state index contributed by atoms with van der Waals surface area (Å²) in [5.74, 6) is 2.00. The van der Waals surface area contributed by atoms with Gasteiger partial charge in [0.25, 0.3) is 5.91 Å². The van der Waals surface area contributed by atoms with E-state index in [4.69, 9.17) is 9.97 Å². The number of carbonyl (C=O) groups is 1. The fourth-order valence-corrected chi connectivity index (χ4v) is 3.54. The molecule has 0 radical (unpaired) electrons. The second-order valence-corrected chi connectivity index (χ2v) is 8.57. The quantitative estimate of drug-likeness (QED) is 0.480. The predicted molar refractivity (Wildman–Crippen MR) is 118 cm³/mol. The van der Waals surface area contributed by atoms with Gasteiger partial charge in [0.1, 0.15) is 5.82 Å². The second kappa shape index (κ2) is 10.5. The zero-order valence-electron chi connectivity index (χ0n) is 17.8. The van der Waals surface area contributed by atoms with Crippen molar-refractivity contribution in [3.8, 4) is 0 Å². The Bertz CT molecular complexity index is 792. The SMILES string of the molecule is CCCN(C)c1cc(C(C)C)nc(SCc2cccc(C(=O)NC(C)C)c2)n1. The van der Waals surface area contributed by atoms with Crippen molar-refractivity contribution < 1.29 is 4.79 Å². The van der Waals surface area contributed by atoms with Crippen molar-refractivity contribution in [1.82, 2.24) is 15.3 Å². The zero-order valence-corrected chi connectivity index (χ0v) is 18.6. The van der Waals surface area contributed by atoms with Gasteiger partial charge >= 0.3 is 0 Å². The fraction of sp³-hybridized carbons (Fsp3) is 0.500. The number of rotatable bonds is 9. The first kappa shape index (κ1) is 22.2. The Kier molecular flexibility index (Phi) is 8.30. The van der Waals surface area contributed by atoms with Crippen LogP contribution in [0.25, 0.3) is 0 Å². The summed E-state index contributed by atoms with van der Waals surface area (Å²) in [6, 6.07) is 9.96. The highest BCUT2D eigenvalue weighted by atomic mass is 32.2. The van der Waals surface area contributed by atoms with Crippen LogP contribution in [0.15, 0.2) is 35.5 Å². The minimum Gasteiger partial charge on any atom is -0.360 e. The molecule has 0 atom stereocenters. The Labute approximate surface area is 173 Å². The molecule has 0 saturated carbocycles. The molecule has 1 amide bonds. The molecule has 0 spiro atoms. The molecule has 0 fully saturated rings. The minimum atomic E-state index is -0.0385. The van der Waals surface area contributed by atoms with Crippen molar-refractivity contribution in [2.45, 2.75) is 63.9 Å². The molecule has 6 heteroatoms. The van der Waals surface area contributed by atoms with Gasteiger partial charge in [0.2, 0.25) is 0 Å². The predicted octanol–water partition coefficient (Wildman–Crippen LogP) is 4.88. The normalized spacial score (nSPS) is 11.1. The van der Waals surface area contributed by atoms with Crippen molar-refractivity contribution in [1.29, 1.82) is 0 Å². The van der Waals surface area contributed by atoms with E-state index in [0.29, 0.717) is 11.5 Å². The van der Waals surface area contributed by atoms with Gasteiger partial charge in [0, 0.05) is 42.7 Å². The second-order valence-electron chi connectivity index (χ2n) is 7.63. The molecular formula is C22H32N4OS. The Hall–Kier alpha value is -2.08. The molecule has 2 aromatic rings.